The molecule has 7 rings (SSSR count). The molecule has 0 amide bonds. The summed E-state index contributed by atoms with van der Waals surface area (Å²) in [5, 5.41) is 8.91. The van der Waals surface area contributed by atoms with Crippen molar-refractivity contribution in [3.63, 3.8) is 0 Å². The minimum Gasteiger partial charge on any atom is -0.494 e. The van der Waals surface area contributed by atoms with Gasteiger partial charge in [-0.05, 0) is 90.8 Å². The van der Waals surface area contributed by atoms with Crippen LogP contribution in [0, 0.1) is 13.8 Å². The normalized spacial score (nSPS) is 19.3. The highest BCUT2D eigenvalue weighted by atomic mass is 32.2. The monoisotopic (exact) mass is 517 g/mol. The summed E-state index contributed by atoms with van der Waals surface area (Å²) in [6.45, 7) is 6.12. The summed E-state index contributed by atoms with van der Waals surface area (Å²) < 4.78 is 37.8. The van der Waals surface area contributed by atoms with E-state index in [4.69, 9.17) is 4.74 Å². The van der Waals surface area contributed by atoms with Crippen molar-refractivity contribution in [2.45, 2.75) is 52.7 Å². The number of ether oxygens (including phenoxy) is 1. The maximum absolute atomic E-state index is 13.4. The van der Waals surface area contributed by atoms with E-state index in [9.17, 15) is 8.42 Å². The van der Waals surface area contributed by atoms with Gasteiger partial charge in [-0.1, -0.05) is 29.5 Å². The summed E-state index contributed by atoms with van der Waals surface area (Å²) >= 11 is 0. The lowest BCUT2D eigenvalue weighted by Crippen LogP contribution is -2.45. The molecule has 1 atom stereocenters. The summed E-state index contributed by atoms with van der Waals surface area (Å²) in [5.74, 6) is 0.758. The molecule has 4 aromatic rings. The third kappa shape index (κ3) is 4.26. The number of anilines is 1. The predicted octanol–water partition coefficient (Wildman–Crippen LogP) is 4.51. The molecule has 3 aliphatic heterocycles. The highest BCUT2D eigenvalue weighted by molar-refractivity contribution is 7.90. The van der Waals surface area contributed by atoms with E-state index in [1.54, 1.807) is 11.4 Å². The first kappa shape index (κ1) is 23.9. The Morgan fingerprint density at radius 2 is 1.76 bits per heavy atom. The summed E-state index contributed by atoms with van der Waals surface area (Å²) in [6, 6.07) is 16.3. The molecule has 3 aromatic carbocycles. The van der Waals surface area contributed by atoms with E-state index in [1.807, 2.05) is 29.8 Å². The fourth-order valence-corrected chi connectivity index (χ4v) is 6.70. The van der Waals surface area contributed by atoms with Gasteiger partial charge in [-0.25, -0.2) is 4.68 Å². The predicted molar refractivity (Wildman–Crippen MR) is 144 cm³/mol. The molecule has 9 heteroatoms. The molecule has 1 aromatic heterocycles. The van der Waals surface area contributed by atoms with Crippen LogP contribution >= 0.6 is 0 Å². The zero-order valence-corrected chi connectivity index (χ0v) is 22.3. The number of aryl methyl sites for hydroxylation is 3. The van der Waals surface area contributed by atoms with Gasteiger partial charge in [0.05, 0.1) is 17.8 Å². The molecule has 0 radical (unpaired) electrons. The van der Waals surface area contributed by atoms with Gasteiger partial charge < -0.3 is 4.74 Å². The Morgan fingerprint density at radius 1 is 0.919 bits per heavy atom. The van der Waals surface area contributed by atoms with Gasteiger partial charge in [0.15, 0.2) is 0 Å². The zero-order chi connectivity index (χ0) is 25.7. The van der Waals surface area contributed by atoms with Gasteiger partial charge >= 0.3 is 10.2 Å². The van der Waals surface area contributed by atoms with Gasteiger partial charge in [-0.15, -0.1) is 5.10 Å². The number of rotatable bonds is 0. The van der Waals surface area contributed by atoms with Crippen LogP contribution in [-0.2, 0) is 36.3 Å². The second-order valence-electron chi connectivity index (χ2n) is 10.1. The number of aromatic nitrogens is 3. The van der Waals surface area contributed by atoms with Gasteiger partial charge in [0.1, 0.15) is 11.3 Å². The Bertz CT molecular complexity index is 1610. The largest absolute Gasteiger partial charge is 0.494 e. The zero-order valence-electron chi connectivity index (χ0n) is 21.4. The van der Waals surface area contributed by atoms with E-state index in [1.165, 1.54) is 9.87 Å². The van der Waals surface area contributed by atoms with Crippen molar-refractivity contribution in [3.05, 3.63) is 81.9 Å². The lowest BCUT2D eigenvalue weighted by Gasteiger charge is -2.35. The molecule has 0 aliphatic carbocycles. The first-order valence-electron chi connectivity index (χ1n) is 12.7. The Hall–Kier alpha value is -3.43. The van der Waals surface area contributed by atoms with Crippen molar-refractivity contribution in [3.8, 4) is 5.75 Å². The molecule has 0 saturated heterocycles. The first-order valence-corrected chi connectivity index (χ1v) is 14.1. The molecule has 9 bridgehead atoms. The van der Waals surface area contributed by atoms with Crippen molar-refractivity contribution in [2.75, 3.05) is 18.0 Å². The average Bonchev–Trinajstić information content (AvgIpc) is 3.29. The molecule has 0 fully saturated rings. The smallest absolute Gasteiger partial charge is 0.304 e. The quantitative estimate of drug-likeness (QED) is 0.343. The Kier molecular flexibility index (Phi) is 5.92. The van der Waals surface area contributed by atoms with Crippen molar-refractivity contribution in [1.29, 1.82) is 0 Å². The maximum atomic E-state index is 13.4. The third-order valence-corrected chi connectivity index (χ3v) is 9.45. The molecular formula is C28H31N5O3S. The van der Waals surface area contributed by atoms with Crippen LogP contribution < -0.4 is 9.04 Å². The van der Waals surface area contributed by atoms with E-state index in [-0.39, 0.29) is 0 Å². The van der Waals surface area contributed by atoms with Gasteiger partial charge in [0.25, 0.3) is 0 Å². The van der Waals surface area contributed by atoms with Crippen LogP contribution in [0.1, 0.15) is 46.2 Å². The Morgan fingerprint density at radius 3 is 2.62 bits per heavy atom. The molecule has 3 aliphatic rings. The van der Waals surface area contributed by atoms with E-state index in [0.717, 1.165) is 70.4 Å². The number of nitrogens with zero attached hydrogens (tertiary/aromatic N) is 5. The molecule has 192 valence electrons. The summed E-state index contributed by atoms with van der Waals surface area (Å²) in [5.41, 5.74) is 9.18. The maximum Gasteiger partial charge on any atom is 0.304 e. The molecule has 37 heavy (non-hydrogen) atoms. The molecule has 4 heterocycles. The lowest BCUT2D eigenvalue weighted by molar-refractivity contribution is 0.301. The van der Waals surface area contributed by atoms with Crippen molar-refractivity contribution < 1.29 is 13.2 Å². The third-order valence-electron chi connectivity index (χ3n) is 7.65. The topological polar surface area (TPSA) is 80.6 Å². The summed E-state index contributed by atoms with van der Waals surface area (Å²) in [4.78, 5) is 0. The number of fused-ring (bicyclic) bond motifs is 5. The standard InChI is InChI=1S/C28H31N5O3S/c1-19-6-7-21-14-22-8-10-27-28(20(22)2)29-30-33(27)12-4-5-13-36-25-9-11-26-24(16-25)18-32(17-23(19)15-21)37(34,35)31(26)3/h6-11,15-16H,4-5,12-14,17-18H2,1-3H3. The van der Waals surface area contributed by atoms with Crippen molar-refractivity contribution in [2.24, 2.45) is 0 Å². The van der Waals surface area contributed by atoms with E-state index < -0.39 is 10.2 Å². The number of hydrogen-bond acceptors (Lipinski definition) is 5. The van der Waals surface area contributed by atoms with Crippen LogP contribution in [0.5, 0.6) is 5.75 Å². The van der Waals surface area contributed by atoms with Gasteiger partial charge in [-0.3, -0.25) is 4.31 Å². The second-order valence-corrected chi connectivity index (χ2v) is 12.0. The number of hydrogen-bond donors (Lipinski definition) is 0. The Balaban J connectivity index is 1.42. The molecule has 0 spiro atoms. The van der Waals surface area contributed by atoms with Gasteiger partial charge in [0.2, 0.25) is 0 Å². The van der Waals surface area contributed by atoms with Crippen molar-refractivity contribution >= 4 is 26.9 Å². The van der Waals surface area contributed by atoms with Crippen LogP contribution in [0.15, 0.2) is 48.5 Å². The van der Waals surface area contributed by atoms with Crippen LogP contribution in [0.2, 0.25) is 0 Å². The SMILES string of the molecule is Cc1ccc2cc1CN1Cc3cc(ccc3N(C)S1(=O)=O)OCCCCn1nnc3c(C)c(ccc31)C2. The molecule has 8 nitrogen and oxygen atoms in total. The highest BCUT2D eigenvalue weighted by Crippen LogP contribution is 2.35. The fraction of sp³-hybridized carbons (Fsp3) is 0.357. The van der Waals surface area contributed by atoms with E-state index in [2.05, 4.69) is 47.6 Å². The molecule has 1 unspecified atom stereocenters. The molecule has 0 saturated carbocycles. The second kappa shape index (κ2) is 9.15. The summed E-state index contributed by atoms with van der Waals surface area (Å²) in [6.07, 6.45) is 2.55. The lowest BCUT2D eigenvalue weighted by atomic mass is 9.96. The van der Waals surface area contributed by atoms with E-state index >= 15 is 0 Å². The highest BCUT2D eigenvalue weighted by Gasteiger charge is 2.34. The number of benzene rings is 3. The van der Waals surface area contributed by atoms with Crippen LogP contribution in [0.25, 0.3) is 11.0 Å². The molecular weight excluding hydrogens is 486 g/mol. The fourth-order valence-electron chi connectivity index (χ4n) is 5.33. The van der Waals surface area contributed by atoms with Crippen LogP contribution in [-0.4, -0.2) is 41.4 Å². The van der Waals surface area contributed by atoms with Crippen LogP contribution in [0.4, 0.5) is 5.69 Å². The van der Waals surface area contributed by atoms with Gasteiger partial charge in [0, 0.05) is 26.7 Å². The minimum absolute atomic E-state index is 0.309. The minimum atomic E-state index is -3.65. The average molecular weight is 518 g/mol. The Labute approximate surface area is 217 Å². The summed E-state index contributed by atoms with van der Waals surface area (Å²) in [7, 11) is -2.02. The first-order chi connectivity index (χ1) is 17.8. The van der Waals surface area contributed by atoms with Crippen molar-refractivity contribution in [1.82, 2.24) is 19.3 Å². The van der Waals surface area contributed by atoms with Gasteiger partial charge in [-0.2, -0.15) is 12.7 Å². The van der Waals surface area contributed by atoms with Crippen LogP contribution in [0.3, 0.4) is 0 Å². The molecule has 0 N–H and O–H groups in total. The van der Waals surface area contributed by atoms with E-state index in [0.29, 0.717) is 25.4 Å².